The van der Waals surface area contributed by atoms with Gasteiger partial charge in [0.2, 0.25) is 5.69 Å². The number of piperazine rings is 1. The van der Waals surface area contributed by atoms with Gasteiger partial charge in [0.1, 0.15) is 0 Å². The highest BCUT2D eigenvalue weighted by Gasteiger charge is 2.35. The van der Waals surface area contributed by atoms with E-state index < -0.39 is 23.4 Å². The van der Waals surface area contributed by atoms with Gasteiger partial charge in [-0.3, -0.25) is 4.90 Å². The largest absolute Gasteiger partial charge is 0.476 e. The number of carboxylic acids is 1. The van der Waals surface area contributed by atoms with E-state index in [9.17, 15) is 23.1 Å². The Morgan fingerprint density at radius 2 is 1.78 bits per heavy atom. The molecule has 0 bridgehead atoms. The second-order valence-corrected chi connectivity index (χ2v) is 6.03. The lowest BCUT2D eigenvalue weighted by atomic mass is 10.2. The molecular formula is C16H18F3N5O3. The molecule has 1 saturated heterocycles. The Morgan fingerprint density at radius 1 is 1.11 bits per heavy atom. The van der Waals surface area contributed by atoms with Gasteiger partial charge >= 0.3 is 12.1 Å². The maximum absolute atomic E-state index is 13.2. The van der Waals surface area contributed by atoms with Crippen LogP contribution >= 0.6 is 0 Å². The summed E-state index contributed by atoms with van der Waals surface area (Å²) in [7, 11) is 0. The molecule has 11 heteroatoms. The molecular weight excluding hydrogens is 367 g/mol. The molecule has 2 heterocycles. The first-order valence-electron chi connectivity index (χ1n) is 8.26. The Kier molecular flexibility index (Phi) is 5.33. The Hall–Kier alpha value is -2.66. The summed E-state index contributed by atoms with van der Waals surface area (Å²) in [6.07, 6.45) is -4.62. The molecule has 0 atom stereocenters. The number of benzene rings is 1. The van der Waals surface area contributed by atoms with Crippen molar-refractivity contribution in [1.29, 1.82) is 0 Å². The van der Waals surface area contributed by atoms with Crippen molar-refractivity contribution in [3.8, 4) is 5.69 Å². The minimum atomic E-state index is -4.62. The number of aliphatic hydroxyl groups excluding tert-OH is 1. The summed E-state index contributed by atoms with van der Waals surface area (Å²) in [6, 6.07) is 4.74. The number of aromatic nitrogens is 3. The summed E-state index contributed by atoms with van der Waals surface area (Å²) < 4.78 is 39.7. The number of aliphatic hydroxyl groups is 1. The zero-order valence-corrected chi connectivity index (χ0v) is 14.2. The van der Waals surface area contributed by atoms with Gasteiger partial charge in [-0.2, -0.15) is 13.2 Å². The molecule has 0 spiro atoms. The van der Waals surface area contributed by atoms with Gasteiger partial charge in [-0.25, -0.2) is 4.79 Å². The van der Waals surface area contributed by atoms with E-state index in [2.05, 4.69) is 10.2 Å². The fourth-order valence-electron chi connectivity index (χ4n) is 2.97. The number of para-hydroxylation sites is 1. The van der Waals surface area contributed by atoms with Gasteiger partial charge in [-0.15, -0.1) is 15.0 Å². The van der Waals surface area contributed by atoms with Gasteiger partial charge in [-0.1, -0.05) is 12.1 Å². The summed E-state index contributed by atoms with van der Waals surface area (Å²) in [4.78, 5) is 16.0. The van der Waals surface area contributed by atoms with Crippen LogP contribution in [-0.4, -0.2) is 75.4 Å². The van der Waals surface area contributed by atoms with E-state index in [0.717, 1.165) is 10.9 Å². The SMILES string of the molecule is O=C(O)c1nn(-c2ccccc2C(F)(F)F)nc1N1CCN(CCO)CC1. The number of anilines is 1. The molecule has 2 aromatic rings. The zero-order chi connectivity index (χ0) is 19.6. The number of β-amino-alcohol motifs (C(OH)–C–C–N with tert-alkyl or cyclic N) is 1. The number of halogens is 3. The fraction of sp³-hybridized carbons (Fsp3) is 0.438. The van der Waals surface area contributed by atoms with Crippen molar-refractivity contribution in [3.63, 3.8) is 0 Å². The van der Waals surface area contributed by atoms with Crippen LogP contribution in [0.15, 0.2) is 24.3 Å². The molecule has 8 nitrogen and oxygen atoms in total. The molecule has 3 rings (SSSR count). The molecule has 0 saturated carbocycles. The number of nitrogens with zero attached hydrogens (tertiary/aromatic N) is 5. The fourth-order valence-corrected chi connectivity index (χ4v) is 2.97. The van der Waals surface area contributed by atoms with Crippen molar-refractivity contribution in [3.05, 3.63) is 35.5 Å². The molecule has 0 amide bonds. The Balaban J connectivity index is 1.95. The van der Waals surface area contributed by atoms with Crippen molar-refractivity contribution in [1.82, 2.24) is 19.9 Å². The predicted octanol–water partition coefficient (Wildman–Crippen LogP) is 1.10. The highest BCUT2D eigenvalue weighted by atomic mass is 19.4. The number of hydrogen-bond acceptors (Lipinski definition) is 6. The van der Waals surface area contributed by atoms with E-state index in [4.69, 9.17) is 5.11 Å². The molecule has 1 aliphatic heterocycles. The molecule has 0 unspecified atom stereocenters. The van der Waals surface area contributed by atoms with Gasteiger partial charge in [0.05, 0.1) is 17.9 Å². The quantitative estimate of drug-likeness (QED) is 0.796. The topological polar surface area (TPSA) is 94.7 Å². The lowest BCUT2D eigenvalue weighted by Gasteiger charge is -2.34. The molecule has 1 aromatic carbocycles. The average molecular weight is 385 g/mol. The smallest absolute Gasteiger partial charge is 0.418 e. The first kappa shape index (κ1) is 19.1. The lowest BCUT2D eigenvalue weighted by Crippen LogP contribution is -2.47. The van der Waals surface area contributed by atoms with Crippen molar-refractivity contribution in [2.24, 2.45) is 0 Å². The van der Waals surface area contributed by atoms with E-state index in [1.54, 1.807) is 4.90 Å². The number of carbonyl (C=O) groups is 1. The molecule has 1 fully saturated rings. The van der Waals surface area contributed by atoms with E-state index in [1.165, 1.54) is 18.2 Å². The van der Waals surface area contributed by atoms with Crippen molar-refractivity contribution >= 4 is 11.8 Å². The standard InChI is InChI=1S/C16H18F3N5O3/c17-16(18,19)11-3-1-2-4-12(11)24-20-13(15(26)27)14(21-24)23-7-5-22(6-8-23)9-10-25/h1-4,25H,5-10H2,(H,26,27). The van der Waals surface area contributed by atoms with E-state index in [1.807, 2.05) is 4.90 Å². The normalized spacial score (nSPS) is 15.9. The predicted molar refractivity (Wildman–Crippen MR) is 89.1 cm³/mol. The second kappa shape index (κ2) is 7.53. The number of alkyl halides is 3. The van der Waals surface area contributed by atoms with Crippen LogP contribution in [0.4, 0.5) is 19.0 Å². The molecule has 27 heavy (non-hydrogen) atoms. The van der Waals surface area contributed by atoms with Crippen LogP contribution in [0.3, 0.4) is 0 Å². The molecule has 2 N–H and O–H groups in total. The minimum Gasteiger partial charge on any atom is -0.476 e. The maximum Gasteiger partial charge on any atom is 0.418 e. The third-order valence-corrected chi connectivity index (χ3v) is 4.31. The van der Waals surface area contributed by atoms with Crippen molar-refractivity contribution in [2.45, 2.75) is 6.18 Å². The lowest BCUT2D eigenvalue weighted by molar-refractivity contribution is -0.137. The Bertz CT molecular complexity index is 816. The van der Waals surface area contributed by atoms with Crippen LogP contribution < -0.4 is 4.90 Å². The summed E-state index contributed by atoms with van der Waals surface area (Å²) in [5.41, 5.74) is -1.68. The van der Waals surface area contributed by atoms with Crippen LogP contribution in [0.1, 0.15) is 16.1 Å². The summed E-state index contributed by atoms with van der Waals surface area (Å²) in [5, 5.41) is 26.3. The Labute approximate surface area is 152 Å². The Morgan fingerprint density at radius 3 is 2.37 bits per heavy atom. The molecule has 0 aliphatic carbocycles. The van der Waals surface area contributed by atoms with Crippen molar-refractivity contribution in [2.75, 3.05) is 44.2 Å². The first-order valence-corrected chi connectivity index (χ1v) is 8.26. The van der Waals surface area contributed by atoms with Crippen LogP contribution in [0.5, 0.6) is 0 Å². The van der Waals surface area contributed by atoms with E-state index >= 15 is 0 Å². The number of hydrogen-bond donors (Lipinski definition) is 2. The zero-order valence-electron chi connectivity index (χ0n) is 14.2. The van der Waals surface area contributed by atoms with E-state index in [-0.39, 0.29) is 18.1 Å². The van der Waals surface area contributed by atoms with Gasteiger partial charge < -0.3 is 15.1 Å². The van der Waals surface area contributed by atoms with Crippen LogP contribution in [0, 0.1) is 0 Å². The first-order chi connectivity index (χ1) is 12.8. The van der Waals surface area contributed by atoms with E-state index in [0.29, 0.717) is 32.7 Å². The number of aromatic carboxylic acids is 1. The highest BCUT2D eigenvalue weighted by molar-refractivity contribution is 5.91. The summed E-state index contributed by atoms with van der Waals surface area (Å²) in [6.45, 7) is 2.53. The second-order valence-electron chi connectivity index (χ2n) is 6.03. The van der Waals surface area contributed by atoms with Gasteiger partial charge in [0, 0.05) is 32.7 Å². The number of carboxylic acid groups (broad SMARTS) is 1. The molecule has 0 radical (unpaired) electrons. The highest BCUT2D eigenvalue weighted by Crippen LogP contribution is 2.33. The summed E-state index contributed by atoms with van der Waals surface area (Å²) in [5.74, 6) is -1.33. The maximum atomic E-state index is 13.2. The van der Waals surface area contributed by atoms with Crippen LogP contribution in [0.25, 0.3) is 5.69 Å². The van der Waals surface area contributed by atoms with Crippen molar-refractivity contribution < 1.29 is 28.2 Å². The molecule has 1 aliphatic rings. The summed E-state index contributed by atoms with van der Waals surface area (Å²) >= 11 is 0. The van der Waals surface area contributed by atoms with Crippen LogP contribution in [-0.2, 0) is 6.18 Å². The molecule has 146 valence electrons. The average Bonchev–Trinajstić information content (AvgIpc) is 3.07. The minimum absolute atomic E-state index is 0.0186. The third kappa shape index (κ3) is 4.03. The van der Waals surface area contributed by atoms with Gasteiger partial charge in [0.25, 0.3) is 0 Å². The third-order valence-electron chi connectivity index (χ3n) is 4.31. The monoisotopic (exact) mass is 385 g/mol. The van der Waals surface area contributed by atoms with Gasteiger partial charge in [-0.05, 0) is 12.1 Å². The molecule has 1 aromatic heterocycles. The van der Waals surface area contributed by atoms with Crippen LogP contribution in [0.2, 0.25) is 0 Å². The number of rotatable bonds is 5. The van der Waals surface area contributed by atoms with Gasteiger partial charge in [0.15, 0.2) is 5.82 Å².